The SMILES string of the molecule is COCCCNC(=O)C(C)Nc1cc(OC)ccc1Br. The van der Waals surface area contributed by atoms with E-state index in [1.54, 1.807) is 14.2 Å². The summed E-state index contributed by atoms with van der Waals surface area (Å²) in [5.41, 5.74) is 0.823. The van der Waals surface area contributed by atoms with E-state index in [0.717, 1.165) is 22.3 Å². The van der Waals surface area contributed by atoms with E-state index < -0.39 is 0 Å². The normalized spacial score (nSPS) is 11.8. The predicted molar refractivity (Wildman–Crippen MR) is 83.3 cm³/mol. The smallest absolute Gasteiger partial charge is 0.242 e. The topological polar surface area (TPSA) is 59.6 Å². The molecular weight excluding hydrogens is 324 g/mol. The first kappa shape index (κ1) is 16.8. The highest BCUT2D eigenvalue weighted by Crippen LogP contribution is 2.27. The highest BCUT2D eigenvalue weighted by atomic mass is 79.9. The lowest BCUT2D eigenvalue weighted by atomic mass is 10.2. The first-order chi connectivity index (χ1) is 9.58. The Balaban J connectivity index is 2.52. The van der Waals surface area contributed by atoms with Gasteiger partial charge in [0.2, 0.25) is 5.91 Å². The molecule has 0 aliphatic heterocycles. The number of halogens is 1. The molecule has 1 aromatic rings. The molecule has 0 saturated heterocycles. The number of methoxy groups -OCH3 is 2. The average Bonchev–Trinajstić information content (AvgIpc) is 2.45. The van der Waals surface area contributed by atoms with Gasteiger partial charge < -0.3 is 20.1 Å². The summed E-state index contributed by atoms with van der Waals surface area (Å²) in [5, 5.41) is 6.01. The van der Waals surface area contributed by atoms with Gasteiger partial charge in [-0.3, -0.25) is 4.79 Å². The molecule has 1 rings (SSSR count). The highest BCUT2D eigenvalue weighted by Gasteiger charge is 2.13. The van der Waals surface area contributed by atoms with Crippen molar-refractivity contribution in [3.63, 3.8) is 0 Å². The lowest BCUT2D eigenvalue weighted by molar-refractivity contribution is -0.121. The van der Waals surface area contributed by atoms with Crippen LogP contribution in [0.2, 0.25) is 0 Å². The van der Waals surface area contributed by atoms with Crippen molar-refractivity contribution in [3.8, 4) is 5.75 Å². The van der Waals surface area contributed by atoms with Crippen LogP contribution in [-0.4, -0.2) is 39.3 Å². The summed E-state index contributed by atoms with van der Waals surface area (Å²) in [5.74, 6) is 0.694. The molecule has 0 bridgehead atoms. The monoisotopic (exact) mass is 344 g/mol. The van der Waals surface area contributed by atoms with Gasteiger partial charge in [0.1, 0.15) is 11.8 Å². The van der Waals surface area contributed by atoms with Crippen molar-refractivity contribution in [1.82, 2.24) is 5.32 Å². The van der Waals surface area contributed by atoms with Gasteiger partial charge in [0.25, 0.3) is 0 Å². The molecule has 0 radical (unpaired) electrons. The van der Waals surface area contributed by atoms with Crippen molar-refractivity contribution in [3.05, 3.63) is 22.7 Å². The van der Waals surface area contributed by atoms with Crippen LogP contribution in [0.25, 0.3) is 0 Å². The van der Waals surface area contributed by atoms with Gasteiger partial charge in [-0.25, -0.2) is 0 Å². The van der Waals surface area contributed by atoms with Crippen LogP contribution in [0.15, 0.2) is 22.7 Å². The van der Waals surface area contributed by atoms with Gasteiger partial charge in [-0.15, -0.1) is 0 Å². The molecule has 0 aliphatic carbocycles. The van der Waals surface area contributed by atoms with Crippen molar-refractivity contribution < 1.29 is 14.3 Å². The molecule has 0 aliphatic rings. The molecule has 0 spiro atoms. The lowest BCUT2D eigenvalue weighted by Crippen LogP contribution is -2.38. The number of hydrogen-bond acceptors (Lipinski definition) is 4. The molecule has 0 saturated carbocycles. The Morgan fingerprint density at radius 2 is 2.15 bits per heavy atom. The molecular formula is C14H21BrN2O3. The molecule has 20 heavy (non-hydrogen) atoms. The van der Waals surface area contributed by atoms with E-state index in [4.69, 9.17) is 9.47 Å². The number of hydrogen-bond donors (Lipinski definition) is 2. The largest absolute Gasteiger partial charge is 0.497 e. The van der Waals surface area contributed by atoms with E-state index in [0.29, 0.717) is 13.2 Å². The van der Waals surface area contributed by atoms with Crippen LogP contribution in [0.5, 0.6) is 5.75 Å². The van der Waals surface area contributed by atoms with Gasteiger partial charge in [-0.05, 0) is 41.4 Å². The maximum atomic E-state index is 11.9. The minimum atomic E-state index is -0.332. The molecule has 0 fully saturated rings. The van der Waals surface area contributed by atoms with E-state index in [1.807, 2.05) is 25.1 Å². The van der Waals surface area contributed by atoms with Gasteiger partial charge in [0, 0.05) is 30.8 Å². The zero-order chi connectivity index (χ0) is 15.0. The minimum absolute atomic E-state index is 0.0455. The molecule has 1 amide bonds. The number of benzene rings is 1. The second kappa shape index (κ2) is 8.81. The van der Waals surface area contributed by atoms with Crippen molar-refractivity contribution in [2.24, 2.45) is 0 Å². The van der Waals surface area contributed by atoms with Crippen LogP contribution in [0.1, 0.15) is 13.3 Å². The highest BCUT2D eigenvalue weighted by molar-refractivity contribution is 9.10. The lowest BCUT2D eigenvalue weighted by Gasteiger charge is -2.17. The first-order valence-electron chi connectivity index (χ1n) is 6.45. The van der Waals surface area contributed by atoms with Crippen LogP contribution in [-0.2, 0) is 9.53 Å². The van der Waals surface area contributed by atoms with Gasteiger partial charge in [-0.2, -0.15) is 0 Å². The Morgan fingerprint density at radius 3 is 2.80 bits per heavy atom. The number of ether oxygens (including phenoxy) is 2. The van der Waals surface area contributed by atoms with Crippen molar-refractivity contribution >= 4 is 27.5 Å². The molecule has 5 nitrogen and oxygen atoms in total. The van der Waals surface area contributed by atoms with Gasteiger partial charge in [0.15, 0.2) is 0 Å². The van der Waals surface area contributed by atoms with Gasteiger partial charge in [0.05, 0.1) is 12.8 Å². The number of carbonyl (C=O) groups is 1. The zero-order valence-corrected chi connectivity index (χ0v) is 13.6. The molecule has 112 valence electrons. The number of amides is 1. The van der Waals surface area contributed by atoms with Crippen LogP contribution in [0, 0.1) is 0 Å². The summed E-state index contributed by atoms with van der Waals surface area (Å²) in [4.78, 5) is 11.9. The molecule has 0 heterocycles. The van der Waals surface area contributed by atoms with Crippen LogP contribution in [0.3, 0.4) is 0 Å². The van der Waals surface area contributed by atoms with E-state index in [-0.39, 0.29) is 11.9 Å². The summed E-state index contributed by atoms with van der Waals surface area (Å²) in [6.07, 6.45) is 0.803. The molecule has 2 N–H and O–H groups in total. The maximum Gasteiger partial charge on any atom is 0.242 e. The third kappa shape index (κ3) is 5.38. The van der Waals surface area contributed by atoms with Crippen molar-refractivity contribution in [2.75, 3.05) is 32.7 Å². The third-order valence-corrected chi connectivity index (χ3v) is 3.45. The second-order valence-electron chi connectivity index (χ2n) is 4.35. The second-order valence-corrected chi connectivity index (χ2v) is 5.20. The summed E-state index contributed by atoms with van der Waals surface area (Å²) in [7, 11) is 3.26. The maximum absolute atomic E-state index is 11.9. The Labute approximate surface area is 128 Å². The number of carbonyl (C=O) groups excluding carboxylic acids is 1. The van der Waals surface area contributed by atoms with E-state index >= 15 is 0 Å². The molecule has 6 heteroatoms. The fraction of sp³-hybridized carbons (Fsp3) is 0.500. The molecule has 1 atom stereocenters. The summed E-state index contributed by atoms with van der Waals surface area (Å²) < 4.78 is 11.0. The van der Waals surface area contributed by atoms with E-state index in [1.165, 1.54) is 0 Å². The minimum Gasteiger partial charge on any atom is -0.497 e. The zero-order valence-electron chi connectivity index (χ0n) is 12.0. The predicted octanol–water partition coefficient (Wildman–Crippen LogP) is 2.41. The average molecular weight is 345 g/mol. The van der Waals surface area contributed by atoms with Crippen LogP contribution in [0.4, 0.5) is 5.69 Å². The molecule has 0 aromatic heterocycles. The van der Waals surface area contributed by atoms with Crippen LogP contribution < -0.4 is 15.4 Å². The quantitative estimate of drug-likeness (QED) is 0.711. The fourth-order valence-electron chi connectivity index (χ4n) is 1.62. The Bertz CT molecular complexity index is 440. The van der Waals surface area contributed by atoms with E-state index in [9.17, 15) is 4.79 Å². The van der Waals surface area contributed by atoms with Gasteiger partial charge >= 0.3 is 0 Å². The Kier molecular flexibility index (Phi) is 7.40. The standard InChI is InChI=1S/C14H21BrN2O3/c1-10(14(18)16-7-4-8-19-2)17-13-9-11(20-3)5-6-12(13)15/h5-6,9-10,17H,4,7-8H2,1-3H3,(H,16,18). The Hall–Kier alpha value is -1.27. The third-order valence-electron chi connectivity index (χ3n) is 2.76. The molecule has 1 aromatic carbocycles. The number of anilines is 1. The summed E-state index contributed by atoms with van der Waals surface area (Å²) >= 11 is 3.44. The number of nitrogens with one attached hydrogen (secondary N) is 2. The van der Waals surface area contributed by atoms with Crippen molar-refractivity contribution in [2.45, 2.75) is 19.4 Å². The summed E-state index contributed by atoms with van der Waals surface area (Å²) in [6.45, 7) is 3.07. The number of rotatable bonds is 8. The van der Waals surface area contributed by atoms with E-state index in [2.05, 4.69) is 26.6 Å². The van der Waals surface area contributed by atoms with Crippen LogP contribution >= 0.6 is 15.9 Å². The molecule has 1 unspecified atom stereocenters. The van der Waals surface area contributed by atoms with Crippen molar-refractivity contribution in [1.29, 1.82) is 0 Å². The fourth-order valence-corrected chi connectivity index (χ4v) is 1.98. The Morgan fingerprint density at radius 1 is 1.40 bits per heavy atom. The first-order valence-corrected chi connectivity index (χ1v) is 7.24. The van der Waals surface area contributed by atoms with Gasteiger partial charge in [-0.1, -0.05) is 0 Å². The summed E-state index contributed by atoms with van der Waals surface area (Å²) in [6, 6.07) is 5.24.